The Morgan fingerprint density at radius 1 is 1.41 bits per heavy atom. The molecule has 2 aromatic rings. The molecule has 0 spiro atoms. The molecule has 0 amide bonds. The Labute approximate surface area is 111 Å². The normalized spacial score (nSPS) is 11.7. The van der Waals surface area contributed by atoms with Gasteiger partial charge >= 0.3 is 0 Å². The van der Waals surface area contributed by atoms with Gasteiger partial charge in [0, 0.05) is 10.9 Å². The first-order chi connectivity index (χ1) is 7.88. The molecule has 0 aliphatic heterocycles. The predicted octanol–water partition coefficient (Wildman–Crippen LogP) is 2.92. The van der Waals surface area contributed by atoms with E-state index < -0.39 is 10.0 Å². The Hall–Kier alpha value is -0.860. The molecule has 0 unspecified atom stereocenters. The van der Waals surface area contributed by atoms with Gasteiger partial charge in [0.05, 0.1) is 9.48 Å². The number of nitrogens with one attached hydrogen (secondary N) is 1. The van der Waals surface area contributed by atoms with Crippen LogP contribution in [0, 0.1) is 13.8 Å². The molecule has 0 saturated heterocycles. The summed E-state index contributed by atoms with van der Waals surface area (Å²) in [4.78, 5) is 0.948. The highest BCUT2D eigenvalue weighted by Gasteiger charge is 2.21. The van der Waals surface area contributed by atoms with Crippen molar-refractivity contribution in [2.45, 2.75) is 18.7 Å². The van der Waals surface area contributed by atoms with Crippen LogP contribution in [0.15, 0.2) is 25.3 Å². The number of halogens is 1. The van der Waals surface area contributed by atoms with Gasteiger partial charge in [-0.25, -0.2) is 13.1 Å². The third-order valence-corrected chi connectivity index (χ3v) is 5.15. The molecule has 2 heterocycles. The van der Waals surface area contributed by atoms with Gasteiger partial charge in [0.25, 0.3) is 10.0 Å². The molecule has 0 saturated carbocycles. The third-order valence-electron chi connectivity index (χ3n) is 1.99. The highest BCUT2D eigenvalue weighted by Crippen LogP contribution is 2.30. The lowest BCUT2D eigenvalue weighted by Gasteiger charge is -2.02. The number of aromatic nitrogens is 1. The monoisotopic (exact) mass is 336 g/mol. The second-order valence-electron chi connectivity index (χ2n) is 3.41. The maximum Gasteiger partial charge on any atom is 0.265 e. The first-order valence-corrected chi connectivity index (χ1v) is 7.70. The van der Waals surface area contributed by atoms with Crippen molar-refractivity contribution in [1.82, 2.24) is 5.16 Å². The van der Waals surface area contributed by atoms with E-state index in [1.54, 1.807) is 19.9 Å². The van der Waals surface area contributed by atoms with Crippen LogP contribution in [0.25, 0.3) is 0 Å². The van der Waals surface area contributed by atoms with Crippen molar-refractivity contribution in [2.75, 3.05) is 4.72 Å². The van der Waals surface area contributed by atoms with Gasteiger partial charge < -0.3 is 4.52 Å². The average molecular weight is 337 g/mol. The van der Waals surface area contributed by atoms with Crippen LogP contribution in [0.2, 0.25) is 0 Å². The zero-order chi connectivity index (χ0) is 12.6. The standard InChI is InChI=1S/C9H9BrN2O3S2/c1-5-3-9(15-11-5)12-17(13,14)7-4-8(10)16-6(7)2/h3-4,12H,1-2H3. The number of anilines is 1. The number of thiophene rings is 1. The molecular weight excluding hydrogens is 328 g/mol. The molecule has 5 nitrogen and oxygen atoms in total. The van der Waals surface area contributed by atoms with Crippen LogP contribution in [0.3, 0.4) is 0 Å². The van der Waals surface area contributed by atoms with E-state index in [4.69, 9.17) is 4.52 Å². The summed E-state index contributed by atoms with van der Waals surface area (Å²) in [7, 11) is -3.61. The molecule has 17 heavy (non-hydrogen) atoms. The van der Waals surface area contributed by atoms with Gasteiger partial charge in [0.1, 0.15) is 4.90 Å². The SMILES string of the molecule is Cc1cc(NS(=O)(=O)c2cc(Br)sc2C)on1. The van der Waals surface area contributed by atoms with Crippen LogP contribution in [-0.4, -0.2) is 13.6 Å². The Morgan fingerprint density at radius 2 is 2.12 bits per heavy atom. The van der Waals surface area contributed by atoms with Gasteiger partial charge in [0.2, 0.25) is 5.88 Å². The zero-order valence-electron chi connectivity index (χ0n) is 9.02. The minimum atomic E-state index is -3.61. The number of hydrogen-bond donors (Lipinski definition) is 1. The number of aryl methyl sites for hydroxylation is 2. The lowest BCUT2D eigenvalue weighted by atomic mass is 10.5. The van der Waals surface area contributed by atoms with Crippen LogP contribution < -0.4 is 4.72 Å². The summed E-state index contributed by atoms with van der Waals surface area (Å²) in [5.74, 6) is 0.115. The fourth-order valence-electron chi connectivity index (χ4n) is 1.30. The van der Waals surface area contributed by atoms with Gasteiger partial charge in [-0.15, -0.1) is 11.3 Å². The van der Waals surface area contributed by atoms with Crippen molar-refractivity contribution in [3.8, 4) is 0 Å². The number of nitrogens with zero attached hydrogens (tertiary/aromatic N) is 1. The molecule has 8 heteroatoms. The van der Waals surface area contributed by atoms with Gasteiger partial charge in [-0.2, -0.15) is 0 Å². The summed E-state index contributed by atoms with van der Waals surface area (Å²) < 4.78 is 32.0. The van der Waals surface area contributed by atoms with Crippen molar-refractivity contribution < 1.29 is 12.9 Å². The largest absolute Gasteiger partial charge is 0.338 e. The lowest BCUT2D eigenvalue weighted by molar-refractivity contribution is 0.430. The molecule has 0 bridgehead atoms. The fraction of sp³-hybridized carbons (Fsp3) is 0.222. The summed E-state index contributed by atoms with van der Waals surface area (Å²) in [6.45, 7) is 3.46. The number of rotatable bonds is 3. The highest BCUT2D eigenvalue weighted by molar-refractivity contribution is 9.11. The van der Waals surface area contributed by atoms with E-state index in [1.807, 2.05) is 0 Å². The van der Waals surface area contributed by atoms with E-state index in [0.717, 1.165) is 3.79 Å². The van der Waals surface area contributed by atoms with Crippen molar-refractivity contribution in [2.24, 2.45) is 0 Å². The summed E-state index contributed by atoms with van der Waals surface area (Å²) in [6.07, 6.45) is 0. The molecule has 0 atom stereocenters. The second-order valence-corrected chi connectivity index (χ2v) is 7.70. The fourth-order valence-corrected chi connectivity index (χ4v) is 4.69. The minimum absolute atomic E-state index is 0.115. The topological polar surface area (TPSA) is 72.2 Å². The molecule has 0 fully saturated rings. The molecule has 0 radical (unpaired) electrons. The molecule has 0 aliphatic rings. The summed E-state index contributed by atoms with van der Waals surface area (Å²) in [5, 5.41) is 3.61. The van der Waals surface area contributed by atoms with Crippen LogP contribution >= 0.6 is 27.3 Å². The van der Waals surface area contributed by atoms with Crippen LogP contribution in [0.1, 0.15) is 10.6 Å². The van der Waals surface area contributed by atoms with E-state index in [-0.39, 0.29) is 10.8 Å². The van der Waals surface area contributed by atoms with E-state index >= 15 is 0 Å². The summed E-state index contributed by atoms with van der Waals surface area (Å²) >= 11 is 4.62. The van der Waals surface area contributed by atoms with E-state index in [1.165, 1.54) is 17.4 Å². The molecule has 92 valence electrons. The van der Waals surface area contributed by atoms with Crippen molar-refractivity contribution in [1.29, 1.82) is 0 Å². The van der Waals surface area contributed by atoms with Crippen LogP contribution in [0.5, 0.6) is 0 Å². The molecule has 2 aromatic heterocycles. The molecule has 0 aromatic carbocycles. The van der Waals surface area contributed by atoms with Crippen molar-refractivity contribution in [3.05, 3.63) is 26.5 Å². The Bertz CT molecular complexity index is 645. The minimum Gasteiger partial charge on any atom is -0.338 e. The summed E-state index contributed by atoms with van der Waals surface area (Å²) in [6, 6.07) is 3.08. The van der Waals surface area contributed by atoms with E-state index in [0.29, 0.717) is 10.6 Å². The smallest absolute Gasteiger partial charge is 0.265 e. The van der Waals surface area contributed by atoms with Gasteiger partial charge in [0.15, 0.2) is 0 Å². The number of sulfonamides is 1. The quantitative estimate of drug-likeness (QED) is 0.935. The predicted molar refractivity (Wildman–Crippen MR) is 68.8 cm³/mol. The Morgan fingerprint density at radius 3 is 2.59 bits per heavy atom. The van der Waals surface area contributed by atoms with Gasteiger partial charge in [-0.1, -0.05) is 5.16 Å². The van der Waals surface area contributed by atoms with E-state index in [2.05, 4.69) is 25.8 Å². The molecule has 1 N–H and O–H groups in total. The van der Waals surface area contributed by atoms with Crippen LogP contribution in [-0.2, 0) is 10.0 Å². The van der Waals surface area contributed by atoms with Crippen molar-refractivity contribution in [3.63, 3.8) is 0 Å². The zero-order valence-corrected chi connectivity index (χ0v) is 12.2. The Balaban J connectivity index is 2.34. The lowest BCUT2D eigenvalue weighted by Crippen LogP contribution is -2.12. The third kappa shape index (κ3) is 2.70. The molecular formula is C9H9BrN2O3S2. The van der Waals surface area contributed by atoms with E-state index in [9.17, 15) is 8.42 Å². The first kappa shape index (κ1) is 12.6. The van der Waals surface area contributed by atoms with Crippen molar-refractivity contribution >= 4 is 43.2 Å². The maximum atomic E-state index is 12.0. The maximum absolute atomic E-state index is 12.0. The van der Waals surface area contributed by atoms with Gasteiger partial charge in [-0.3, -0.25) is 0 Å². The van der Waals surface area contributed by atoms with Gasteiger partial charge in [-0.05, 0) is 35.8 Å². The summed E-state index contributed by atoms with van der Waals surface area (Å²) in [5.41, 5.74) is 0.617. The molecule has 0 aliphatic carbocycles. The number of hydrogen-bond acceptors (Lipinski definition) is 5. The van der Waals surface area contributed by atoms with Crippen LogP contribution in [0.4, 0.5) is 5.88 Å². The highest BCUT2D eigenvalue weighted by atomic mass is 79.9. The molecule has 2 rings (SSSR count). The average Bonchev–Trinajstić information content (AvgIpc) is 2.72. The Kier molecular flexibility index (Phi) is 3.28. The second kappa shape index (κ2) is 4.43. The first-order valence-electron chi connectivity index (χ1n) is 4.60.